The van der Waals surface area contributed by atoms with Crippen molar-refractivity contribution in [3.63, 3.8) is 0 Å². The molecule has 32 heavy (non-hydrogen) atoms. The second-order valence-corrected chi connectivity index (χ2v) is 8.04. The number of urea groups is 1. The number of hydrogen-bond donors (Lipinski definition) is 2. The quantitative estimate of drug-likeness (QED) is 0.472. The van der Waals surface area contributed by atoms with E-state index in [9.17, 15) is 9.59 Å². The summed E-state index contributed by atoms with van der Waals surface area (Å²) in [5, 5.41) is 3.04. The zero-order chi connectivity index (χ0) is 23.3. The second-order valence-electron chi connectivity index (χ2n) is 8.04. The van der Waals surface area contributed by atoms with Gasteiger partial charge in [0.25, 0.3) is 0 Å². The van der Waals surface area contributed by atoms with Crippen molar-refractivity contribution < 1.29 is 14.3 Å². The highest BCUT2D eigenvalue weighted by Gasteiger charge is 2.23. The summed E-state index contributed by atoms with van der Waals surface area (Å²) in [6, 6.07) is 15.6. The Labute approximate surface area is 189 Å². The molecule has 3 aromatic rings. The summed E-state index contributed by atoms with van der Waals surface area (Å²) < 4.78 is 5.20. The fraction of sp³-hybridized carbons (Fsp3) is 0.308. The normalized spacial score (nSPS) is 10.7. The molecule has 0 unspecified atom stereocenters. The van der Waals surface area contributed by atoms with Crippen molar-refractivity contribution in [2.45, 2.75) is 47.7 Å². The van der Waals surface area contributed by atoms with Gasteiger partial charge >= 0.3 is 12.0 Å². The van der Waals surface area contributed by atoms with Crippen molar-refractivity contribution >= 4 is 17.7 Å². The van der Waals surface area contributed by atoms with Crippen LogP contribution >= 0.6 is 0 Å². The van der Waals surface area contributed by atoms with Crippen LogP contribution in [0.15, 0.2) is 48.5 Å². The van der Waals surface area contributed by atoms with Gasteiger partial charge in [0.15, 0.2) is 0 Å². The van der Waals surface area contributed by atoms with E-state index in [1.807, 2.05) is 76.2 Å². The molecule has 3 rings (SSSR count). The number of anilines is 1. The Bertz CT molecular complexity index is 1100. The van der Waals surface area contributed by atoms with Crippen LogP contribution in [0.25, 0.3) is 0 Å². The predicted octanol–water partition coefficient (Wildman–Crippen LogP) is 5.66. The van der Waals surface area contributed by atoms with E-state index < -0.39 is 0 Å². The summed E-state index contributed by atoms with van der Waals surface area (Å²) in [5.41, 5.74) is 6.86. The van der Waals surface area contributed by atoms with E-state index in [-0.39, 0.29) is 12.0 Å². The Balaban J connectivity index is 1.89. The molecule has 0 atom stereocenters. The van der Waals surface area contributed by atoms with Crippen LogP contribution < -0.4 is 5.32 Å². The molecule has 2 amide bonds. The van der Waals surface area contributed by atoms with E-state index in [0.717, 1.165) is 39.3 Å². The smallest absolute Gasteiger partial charge is 0.340 e. The average molecular weight is 434 g/mol. The third kappa shape index (κ3) is 5.38. The summed E-state index contributed by atoms with van der Waals surface area (Å²) in [7, 11) is 0. The van der Waals surface area contributed by atoms with Gasteiger partial charge in [-0.05, 0) is 57.4 Å². The third-order valence-corrected chi connectivity index (χ3v) is 5.50. The van der Waals surface area contributed by atoms with Crippen molar-refractivity contribution in [3.8, 4) is 0 Å². The minimum absolute atomic E-state index is 0.204. The minimum atomic E-state index is -0.348. The Morgan fingerprint density at radius 2 is 1.72 bits per heavy atom. The summed E-state index contributed by atoms with van der Waals surface area (Å²) in [4.78, 5) is 30.7. The lowest BCUT2D eigenvalue weighted by atomic mass is 10.1. The maximum Gasteiger partial charge on any atom is 0.340 e. The molecule has 0 radical (unpaired) electrons. The summed E-state index contributed by atoms with van der Waals surface area (Å²) in [6.07, 6.45) is 0. The van der Waals surface area contributed by atoms with Crippen LogP contribution in [0.5, 0.6) is 0 Å². The van der Waals surface area contributed by atoms with Crippen LogP contribution in [0.2, 0.25) is 0 Å². The molecule has 6 nitrogen and oxygen atoms in total. The number of amides is 2. The Morgan fingerprint density at radius 1 is 1.00 bits per heavy atom. The average Bonchev–Trinajstić information content (AvgIpc) is 3.03. The number of carbonyl (C=O) groups excluding carboxylic acids is 2. The van der Waals surface area contributed by atoms with Crippen LogP contribution in [0.1, 0.15) is 50.9 Å². The minimum Gasteiger partial charge on any atom is -0.462 e. The molecule has 0 spiro atoms. The van der Waals surface area contributed by atoms with E-state index in [1.54, 1.807) is 11.8 Å². The second kappa shape index (κ2) is 10.2. The summed E-state index contributed by atoms with van der Waals surface area (Å²) >= 11 is 0. The number of hydrogen-bond acceptors (Lipinski definition) is 3. The van der Waals surface area contributed by atoms with Crippen molar-refractivity contribution in [1.29, 1.82) is 0 Å². The lowest BCUT2D eigenvalue weighted by Crippen LogP contribution is -2.34. The Kier molecular flexibility index (Phi) is 7.36. The largest absolute Gasteiger partial charge is 0.462 e. The number of aryl methyl sites for hydroxylation is 3. The number of benzene rings is 2. The number of nitrogens with zero attached hydrogens (tertiary/aromatic N) is 1. The molecule has 0 fully saturated rings. The zero-order valence-corrected chi connectivity index (χ0v) is 19.4. The topological polar surface area (TPSA) is 74.4 Å². The number of H-pyrrole nitrogens is 1. The van der Waals surface area contributed by atoms with E-state index in [0.29, 0.717) is 25.3 Å². The van der Waals surface area contributed by atoms with Crippen molar-refractivity contribution in [2.75, 3.05) is 11.9 Å². The first-order valence-electron chi connectivity index (χ1n) is 10.8. The molecule has 0 aliphatic carbocycles. The van der Waals surface area contributed by atoms with Gasteiger partial charge in [0.2, 0.25) is 0 Å². The van der Waals surface area contributed by atoms with Gasteiger partial charge < -0.3 is 19.9 Å². The van der Waals surface area contributed by atoms with Gasteiger partial charge in [0.1, 0.15) is 0 Å². The maximum atomic E-state index is 13.3. The fourth-order valence-corrected chi connectivity index (χ4v) is 3.82. The van der Waals surface area contributed by atoms with Crippen LogP contribution in [-0.4, -0.2) is 28.5 Å². The SMILES string of the molecule is CCOC(=O)c1c(C)[nH]c(CN(Cc2ccccc2)C(=O)Nc2ccc(C)cc2C)c1C. The molecule has 6 heteroatoms. The number of carbonyl (C=O) groups is 2. The van der Waals surface area contributed by atoms with Crippen molar-refractivity contribution in [3.05, 3.63) is 87.7 Å². The molecular weight excluding hydrogens is 402 g/mol. The van der Waals surface area contributed by atoms with Crippen LogP contribution in [0, 0.1) is 27.7 Å². The number of aromatic nitrogens is 1. The predicted molar refractivity (Wildman–Crippen MR) is 127 cm³/mol. The van der Waals surface area contributed by atoms with Gasteiger partial charge in [-0.3, -0.25) is 0 Å². The number of rotatable bonds is 7. The molecule has 0 aliphatic heterocycles. The number of esters is 1. The van der Waals surface area contributed by atoms with Crippen molar-refractivity contribution in [2.24, 2.45) is 0 Å². The van der Waals surface area contributed by atoms with Gasteiger partial charge in [-0.2, -0.15) is 0 Å². The lowest BCUT2D eigenvalue weighted by Gasteiger charge is -2.24. The van der Waals surface area contributed by atoms with E-state index in [1.165, 1.54) is 0 Å². The number of ether oxygens (including phenoxy) is 1. The summed E-state index contributed by atoms with van der Waals surface area (Å²) in [6.45, 7) is 10.6. The summed E-state index contributed by atoms with van der Waals surface area (Å²) in [5.74, 6) is -0.348. The first kappa shape index (κ1) is 23.1. The monoisotopic (exact) mass is 433 g/mol. The molecule has 0 saturated carbocycles. The highest BCUT2D eigenvalue weighted by molar-refractivity contribution is 5.93. The molecule has 1 aromatic heterocycles. The first-order valence-corrected chi connectivity index (χ1v) is 10.8. The van der Waals surface area contributed by atoms with Gasteiger partial charge in [-0.15, -0.1) is 0 Å². The van der Waals surface area contributed by atoms with E-state index in [2.05, 4.69) is 10.3 Å². The van der Waals surface area contributed by atoms with Crippen LogP contribution in [0.3, 0.4) is 0 Å². The van der Waals surface area contributed by atoms with Crippen molar-refractivity contribution in [1.82, 2.24) is 9.88 Å². The molecule has 168 valence electrons. The number of aromatic amines is 1. The molecule has 0 bridgehead atoms. The van der Waals surface area contributed by atoms with Gasteiger partial charge in [-0.25, -0.2) is 9.59 Å². The van der Waals surface area contributed by atoms with Gasteiger partial charge in [0.05, 0.1) is 18.7 Å². The van der Waals surface area contributed by atoms with Gasteiger partial charge in [0, 0.05) is 23.6 Å². The van der Waals surface area contributed by atoms with Crippen LogP contribution in [-0.2, 0) is 17.8 Å². The molecule has 2 aromatic carbocycles. The highest BCUT2D eigenvalue weighted by Crippen LogP contribution is 2.23. The molecule has 1 heterocycles. The third-order valence-electron chi connectivity index (χ3n) is 5.50. The fourth-order valence-electron chi connectivity index (χ4n) is 3.82. The molecule has 0 saturated heterocycles. The highest BCUT2D eigenvalue weighted by atomic mass is 16.5. The Morgan fingerprint density at radius 3 is 2.38 bits per heavy atom. The lowest BCUT2D eigenvalue weighted by molar-refractivity contribution is 0.0525. The molecule has 2 N–H and O–H groups in total. The number of nitrogens with one attached hydrogen (secondary N) is 2. The molecule has 0 aliphatic rings. The molecular formula is C26H31N3O3. The maximum absolute atomic E-state index is 13.3. The van der Waals surface area contributed by atoms with E-state index >= 15 is 0 Å². The van der Waals surface area contributed by atoms with Gasteiger partial charge in [-0.1, -0.05) is 48.0 Å². The zero-order valence-electron chi connectivity index (χ0n) is 19.4. The van der Waals surface area contributed by atoms with Crippen LogP contribution in [0.4, 0.5) is 10.5 Å². The first-order chi connectivity index (χ1) is 15.3. The Hall–Kier alpha value is -3.54. The van der Waals surface area contributed by atoms with E-state index in [4.69, 9.17) is 4.74 Å². The standard InChI is InChI=1S/C26H31N3O3/c1-6-32-25(30)24-19(4)23(27-20(24)5)16-29(15-21-10-8-7-9-11-21)26(31)28-22-13-12-17(2)14-18(22)3/h7-14,27H,6,15-16H2,1-5H3,(H,28,31).